The van der Waals surface area contributed by atoms with E-state index in [1.54, 1.807) is 11.3 Å². The van der Waals surface area contributed by atoms with Gasteiger partial charge in [-0.3, -0.25) is 4.79 Å². The van der Waals surface area contributed by atoms with Crippen LogP contribution in [0.5, 0.6) is 0 Å². The summed E-state index contributed by atoms with van der Waals surface area (Å²) in [5.41, 5.74) is 2.48. The SMILES string of the molecule is Cc1cc(C(=O)CSc2nnc(Cc3cccs3)n2C2CC2)c(C)n1[C@@H]1CCS(=O)(=O)C1. The van der Waals surface area contributed by atoms with Crippen molar-refractivity contribution in [2.24, 2.45) is 0 Å². The maximum atomic E-state index is 13.1. The first-order valence-electron chi connectivity index (χ1n) is 10.8. The summed E-state index contributed by atoms with van der Waals surface area (Å²) >= 11 is 3.16. The Bertz CT molecular complexity index is 1250. The molecule has 4 heterocycles. The Kier molecular flexibility index (Phi) is 5.79. The van der Waals surface area contributed by atoms with Crippen LogP contribution >= 0.6 is 23.1 Å². The summed E-state index contributed by atoms with van der Waals surface area (Å²) in [6.07, 6.45) is 3.63. The van der Waals surface area contributed by atoms with Crippen LogP contribution in [0.4, 0.5) is 0 Å². The summed E-state index contributed by atoms with van der Waals surface area (Å²) in [5.74, 6) is 1.67. The maximum Gasteiger partial charge on any atom is 0.191 e. The smallest absolute Gasteiger partial charge is 0.191 e. The van der Waals surface area contributed by atoms with Gasteiger partial charge in [0.15, 0.2) is 20.8 Å². The predicted molar refractivity (Wildman–Crippen MR) is 127 cm³/mol. The molecule has 10 heteroatoms. The van der Waals surface area contributed by atoms with E-state index in [1.807, 2.05) is 30.5 Å². The first-order valence-corrected chi connectivity index (χ1v) is 14.5. The average Bonchev–Trinajstić information content (AvgIpc) is 3.05. The van der Waals surface area contributed by atoms with Crippen LogP contribution in [-0.4, -0.2) is 50.8 Å². The second-order valence-electron chi connectivity index (χ2n) is 8.68. The highest BCUT2D eigenvalue weighted by atomic mass is 32.2. The monoisotopic (exact) mass is 490 g/mol. The minimum atomic E-state index is -2.99. The van der Waals surface area contributed by atoms with Crippen LogP contribution in [0.3, 0.4) is 0 Å². The van der Waals surface area contributed by atoms with E-state index in [9.17, 15) is 13.2 Å². The summed E-state index contributed by atoms with van der Waals surface area (Å²) in [6.45, 7) is 3.87. The zero-order valence-corrected chi connectivity index (χ0v) is 20.6. The van der Waals surface area contributed by atoms with Crippen molar-refractivity contribution in [1.29, 1.82) is 0 Å². The third-order valence-corrected chi connectivity index (χ3v) is 9.82. The number of ketones is 1. The van der Waals surface area contributed by atoms with Crippen LogP contribution in [0.2, 0.25) is 0 Å². The lowest BCUT2D eigenvalue weighted by Gasteiger charge is -2.16. The molecular weight excluding hydrogens is 464 g/mol. The molecule has 3 aromatic rings. The lowest BCUT2D eigenvalue weighted by atomic mass is 10.2. The number of sulfone groups is 1. The van der Waals surface area contributed by atoms with Gasteiger partial charge in [-0.15, -0.1) is 21.5 Å². The molecule has 3 aromatic heterocycles. The Balaban J connectivity index is 1.32. The molecular formula is C22H26N4O3S3. The Morgan fingerprint density at radius 2 is 2.00 bits per heavy atom. The molecule has 0 aromatic carbocycles. The van der Waals surface area contributed by atoms with Crippen LogP contribution in [0.15, 0.2) is 28.7 Å². The second-order valence-corrected chi connectivity index (χ2v) is 12.9. The van der Waals surface area contributed by atoms with Gasteiger partial charge in [-0.05, 0) is 50.6 Å². The average molecular weight is 491 g/mol. The largest absolute Gasteiger partial charge is 0.344 e. The highest BCUT2D eigenvalue weighted by molar-refractivity contribution is 7.99. The van der Waals surface area contributed by atoms with E-state index in [4.69, 9.17) is 0 Å². The van der Waals surface area contributed by atoms with Gasteiger partial charge in [-0.25, -0.2) is 8.42 Å². The number of carbonyl (C=O) groups is 1. The summed E-state index contributed by atoms with van der Waals surface area (Å²) in [6, 6.07) is 6.41. The Morgan fingerprint density at radius 1 is 1.19 bits per heavy atom. The van der Waals surface area contributed by atoms with Gasteiger partial charge in [0.1, 0.15) is 5.82 Å². The number of aryl methyl sites for hydroxylation is 1. The lowest BCUT2D eigenvalue weighted by molar-refractivity contribution is 0.102. The molecule has 5 rings (SSSR count). The minimum absolute atomic E-state index is 0.0420. The molecule has 0 spiro atoms. The van der Waals surface area contributed by atoms with E-state index >= 15 is 0 Å². The highest BCUT2D eigenvalue weighted by Gasteiger charge is 2.32. The number of thiophene rings is 1. The molecule has 1 saturated carbocycles. The van der Waals surface area contributed by atoms with Crippen LogP contribution in [0.25, 0.3) is 0 Å². The Morgan fingerprint density at radius 3 is 2.66 bits per heavy atom. The van der Waals surface area contributed by atoms with Crippen molar-refractivity contribution in [2.45, 2.75) is 56.8 Å². The number of thioether (sulfide) groups is 1. The summed E-state index contributed by atoms with van der Waals surface area (Å²) < 4.78 is 28.1. The molecule has 1 saturated heterocycles. The molecule has 2 aliphatic rings. The number of aromatic nitrogens is 4. The fourth-order valence-electron chi connectivity index (χ4n) is 4.60. The number of hydrogen-bond acceptors (Lipinski definition) is 7. The summed E-state index contributed by atoms with van der Waals surface area (Å²) in [7, 11) is -2.99. The van der Waals surface area contributed by atoms with Gasteiger partial charge >= 0.3 is 0 Å². The molecule has 170 valence electrons. The molecule has 0 radical (unpaired) electrons. The quantitative estimate of drug-likeness (QED) is 0.350. The summed E-state index contributed by atoms with van der Waals surface area (Å²) in [5, 5.41) is 11.7. The van der Waals surface area contributed by atoms with Gasteiger partial charge in [-0.2, -0.15) is 0 Å². The van der Waals surface area contributed by atoms with Crippen LogP contribution in [-0.2, 0) is 16.3 Å². The van der Waals surface area contributed by atoms with Gasteiger partial charge in [-0.1, -0.05) is 17.8 Å². The van der Waals surface area contributed by atoms with Gasteiger partial charge in [0.2, 0.25) is 0 Å². The van der Waals surface area contributed by atoms with Crippen LogP contribution in [0.1, 0.15) is 63.8 Å². The number of carbonyl (C=O) groups excluding carboxylic acids is 1. The lowest BCUT2D eigenvalue weighted by Crippen LogP contribution is -2.14. The van der Waals surface area contributed by atoms with Gasteiger partial charge in [0.25, 0.3) is 0 Å². The van der Waals surface area contributed by atoms with Crippen molar-refractivity contribution < 1.29 is 13.2 Å². The van der Waals surface area contributed by atoms with Crippen molar-refractivity contribution in [1.82, 2.24) is 19.3 Å². The molecule has 0 unspecified atom stereocenters. The Hall–Kier alpha value is -1.91. The fourth-order valence-corrected chi connectivity index (χ4v) is 7.91. The van der Waals surface area contributed by atoms with Crippen LogP contribution < -0.4 is 0 Å². The highest BCUT2D eigenvalue weighted by Crippen LogP contribution is 2.39. The molecule has 2 fully saturated rings. The van der Waals surface area contributed by atoms with E-state index in [0.29, 0.717) is 18.0 Å². The zero-order chi connectivity index (χ0) is 22.5. The Labute approximate surface area is 196 Å². The summed E-state index contributed by atoms with van der Waals surface area (Å²) in [4.78, 5) is 14.4. The number of rotatable bonds is 8. The molecule has 0 amide bonds. The van der Waals surface area contributed by atoms with Gasteiger partial charge < -0.3 is 9.13 Å². The molecule has 1 aliphatic heterocycles. The molecule has 7 nitrogen and oxygen atoms in total. The molecule has 32 heavy (non-hydrogen) atoms. The minimum Gasteiger partial charge on any atom is -0.344 e. The number of Topliss-reactive ketones (excluding diaryl/α,β-unsaturated/α-hetero) is 1. The predicted octanol–water partition coefficient (Wildman–Crippen LogP) is 4.02. The van der Waals surface area contributed by atoms with Crippen LogP contribution in [0, 0.1) is 13.8 Å². The first-order chi connectivity index (χ1) is 15.3. The number of nitrogens with zero attached hydrogens (tertiary/aromatic N) is 4. The van der Waals surface area contributed by atoms with E-state index in [2.05, 4.69) is 26.2 Å². The van der Waals surface area contributed by atoms with E-state index in [0.717, 1.165) is 41.6 Å². The van der Waals surface area contributed by atoms with Crippen molar-refractivity contribution in [3.05, 3.63) is 51.2 Å². The third kappa shape index (κ3) is 4.32. The molecule has 1 atom stereocenters. The molecule has 0 N–H and O–H groups in total. The zero-order valence-electron chi connectivity index (χ0n) is 18.2. The first kappa shape index (κ1) is 21.9. The van der Waals surface area contributed by atoms with E-state index in [-0.39, 0.29) is 29.1 Å². The maximum absolute atomic E-state index is 13.1. The van der Waals surface area contributed by atoms with Crippen molar-refractivity contribution in [3.63, 3.8) is 0 Å². The van der Waals surface area contributed by atoms with Crippen molar-refractivity contribution in [2.75, 3.05) is 17.3 Å². The second kappa shape index (κ2) is 8.46. The van der Waals surface area contributed by atoms with Gasteiger partial charge in [0.05, 0.1) is 17.3 Å². The van der Waals surface area contributed by atoms with Crippen molar-refractivity contribution >= 4 is 38.7 Å². The number of hydrogen-bond donors (Lipinski definition) is 0. The molecule has 1 aliphatic carbocycles. The van der Waals surface area contributed by atoms with Crippen molar-refractivity contribution in [3.8, 4) is 0 Å². The molecule has 0 bridgehead atoms. The van der Waals surface area contributed by atoms with Gasteiger partial charge in [0, 0.05) is 40.3 Å². The standard InChI is InChI=1S/C22H26N4O3S3/c1-14-10-19(15(2)25(14)17-7-9-32(28,29)13-17)20(27)12-31-22-24-23-21(26(22)16-5-6-16)11-18-4-3-8-30-18/h3-4,8,10,16-17H,5-7,9,11-13H2,1-2H3/t17-/m1/s1. The fraction of sp³-hybridized carbons (Fsp3) is 0.500. The van der Waals surface area contributed by atoms with E-state index in [1.165, 1.54) is 16.6 Å². The van der Waals surface area contributed by atoms with E-state index < -0.39 is 9.84 Å². The normalized spacial score (nSPS) is 20.1. The topological polar surface area (TPSA) is 86.8 Å². The third-order valence-electron chi connectivity index (χ3n) is 6.25.